The summed E-state index contributed by atoms with van der Waals surface area (Å²) >= 11 is 0. The van der Waals surface area contributed by atoms with E-state index in [1.54, 1.807) is 50.2 Å². The summed E-state index contributed by atoms with van der Waals surface area (Å²) in [5.74, 6) is 0.0476. The molecule has 0 saturated carbocycles. The molecular formula is C23H22FN5O3. The quantitative estimate of drug-likeness (QED) is 0.616. The number of halogens is 1. The largest absolute Gasteiger partial charge is 0.369 e. The number of hydrogen-bond acceptors (Lipinski definition) is 7. The van der Waals surface area contributed by atoms with Crippen LogP contribution in [0.15, 0.2) is 52.0 Å². The zero-order valence-corrected chi connectivity index (χ0v) is 17.9. The molecule has 2 aromatic carbocycles. The molecule has 2 N–H and O–H groups in total. The second-order valence-corrected chi connectivity index (χ2v) is 8.00. The van der Waals surface area contributed by atoms with Crippen LogP contribution in [0.5, 0.6) is 0 Å². The van der Waals surface area contributed by atoms with Gasteiger partial charge in [-0.3, -0.25) is 14.5 Å². The molecule has 1 aliphatic heterocycles. The third kappa shape index (κ3) is 4.01. The molecular weight excluding hydrogens is 413 g/mol. The van der Waals surface area contributed by atoms with E-state index in [-0.39, 0.29) is 36.1 Å². The van der Waals surface area contributed by atoms with E-state index in [1.807, 2.05) is 0 Å². The van der Waals surface area contributed by atoms with Crippen LogP contribution in [-0.4, -0.2) is 39.7 Å². The average Bonchev–Trinajstić information content (AvgIpc) is 3.19. The molecule has 1 unspecified atom stereocenters. The minimum Gasteiger partial charge on any atom is -0.369 e. The molecule has 0 radical (unpaired) electrons. The summed E-state index contributed by atoms with van der Waals surface area (Å²) in [4.78, 5) is 34.8. The maximum Gasteiger partial charge on any atom is 0.231 e. The Morgan fingerprint density at radius 1 is 1.25 bits per heavy atom. The molecule has 0 saturated heterocycles. The summed E-state index contributed by atoms with van der Waals surface area (Å²) in [5, 5.41) is 3.86. The van der Waals surface area contributed by atoms with Crippen molar-refractivity contribution in [2.75, 3.05) is 7.05 Å². The van der Waals surface area contributed by atoms with E-state index >= 15 is 0 Å². The molecule has 0 fully saturated rings. The Bertz CT molecular complexity index is 1230. The number of aliphatic imine (C=N–C) groups is 1. The predicted molar refractivity (Wildman–Crippen MR) is 115 cm³/mol. The molecule has 32 heavy (non-hydrogen) atoms. The molecule has 1 aliphatic rings. The third-order valence-corrected chi connectivity index (χ3v) is 5.54. The van der Waals surface area contributed by atoms with E-state index in [0.717, 1.165) is 5.56 Å². The number of aryl methyl sites for hydroxylation is 1. The maximum atomic E-state index is 14.7. The topological polar surface area (TPSA) is 115 Å². The van der Waals surface area contributed by atoms with Crippen LogP contribution in [0.3, 0.4) is 0 Å². The van der Waals surface area contributed by atoms with Crippen molar-refractivity contribution >= 4 is 17.6 Å². The van der Waals surface area contributed by atoms with E-state index in [4.69, 9.17) is 10.3 Å². The predicted octanol–water partition coefficient (Wildman–Crippen LogP) is 3.00. The first kappa shape index (κ1) is 21.4. The molecule has 164 valence electrons. The maximum absolute atomic E-state index is 14.7. The van der Waals surface area contributed by atoms with Gasteiger partial charge in [0.25, 0.3) is 0 Å². The lowest BCUT2D eigenvalue weighted by molar-refractivity contribution is -0.128. The van der Waals surface area contributed by atoms with Gasteiger partial charge < -0.3 is 10.3 Å². The average molecular weight is 435 g/mol. The van der Waals surface area contributed by atoms with Crippen molar-refractivity contribution in [3.63, 3.8) is 0 Å². The Morgan fingerprint density at radius 3 is 2.59 bits per heavy atom. The number of carbonyl (C=O) groups excluding carboxylic acids is 2. The van der Waals surface area contributed by atoms with Crippen LogP contribution in [0.25, 0.3) is 11.4 Å². The Hall–Kier alpha value is -3.88. The Labute approximate surface area is 183 Å². The highest BCUT2D eigenvalue weighted by molar-refractivity contribution is 5.99. The highest BCUT2D eigenvalue weighted by Gasteiger charge is 2.38. The lowest BCUT2D eigenvalue weighted by atomic mass is 9.85. The van der Waals surface area contributed by atoms with Crippen molar-refractivity contribution in [1.82, 2.24) is 15.0 Å². The van der Waals surface area contributed by atoms with Crippen LogP contribution < -0.4 is 5.73 Å². The van der Waals surface area contributed by atoms with Gasteiger partial charge in [-0.1, -0.05) is 35.5 Å². The van der Waals surface area contributed by atoms with E-state index in [0.29, 0.717) is 22.8 Å². The SMILES string of the molecule is Cc1nc(-c2ccc(C(=O)Cc3ccc(F)c(C4(C)CC(=O)N(C)C(N)=N4)c3)cc2)no1. The first-order valence-electron chi connectivity index (χ1n) is 10.0. The van der Waals surface area contributed by atoms with Crippen LogP contribution in [0.4, 0.5) is 4.39 Å². The van der Waals surface area contributed by atoms with Gasteiger partial charge in [-0.25, -0.2) is 9.38 Å². The minimum absolute atomic E-state index is 0.0183. The Kier molecular flexibility index (Phi) is 5.33. The zero-order chi connectivity index (χ0) is 23.0. The van der Waals surface area contributed by atoms with Crippen molar-refractivity contribution in [3.8, 4) is 11.4 Å². The molecule has 0 aliphatic carbocycles. The summed E-state index contributed by atoms with van der Waals surface area (Å²) in [6.07, 6.45) is 0.0482. The Morgan fingerprint density at radius 2 is 1.97 bits per heavy atom. The molecule has 8 nitrogen and oxygen atoms in total. The van der Waals surface area contributed by atoms with E-state index < -0.39 is 11.4 Å². The fraction of sp³-hybridized carbons (Fsp3) is 0.261. The summed E-state index contributed by atoms with van der Waals surface area (Å²) in [6, 6.07) is 11.3. The molecule has 1 atom stereocenters. The molecule has 2 heterocycles. The number of hydrogen-bond donors (Lipinski definition) is 1. The lowest BCUT2D eigenvalue weighted by Crippen LogP contribution is -2.47. The second-order valence-electron chi connectivity index (χ2n) is 8.00. The fourth-order valence-corrected chi connectivity index (χ4v) is 3.67. The number of ketones is 1. The van der Waals surface area contributed by atoms with Gasteiger partial charge in [-0.2, -0.15) is 4.98 Å². The smallest absolute Gasteiger partial charge is 0.231 e. The van der Waals surface area contributed by atoms with Gasteiger partial charge in [0, 0.05) is 37.1 Å². The number of Topliss-reactive ketones (excluding diaryl/α,β-unsaturated/α-hetero) is 1. The lowest BCUT2D eigenvalue weighted by Gasteiger charge is -2.34. The molecule has 4 rings (SSSR count). The number of nitrogens with zero attached hydrogens (tertiary/aromatic N) is 4. The number of amides is 1. The molecule has 3 aromatic rings. The second kappa shape index (κ2) is 7.99. The minimum atomic E-state index is -1.14. The van der Waals surface area contributed by atoms with Crippen LogP contribution in [0, 0.1) is 12.7 Å². The fourth-order valence-electron chi connectivity index (χ4n) is 3.67. The zero-order valence-electron chi connectivity index (χ0n) is 17.9. The highest BCUT2D eigenvalue weighted by atomic mass is 19.1. The number of rotatable bonds is 5. The van der Waals surface area contributed by atoms with Crippen LogP contribution in [0.2, 0.25) is 0 Å². The number of benzene rings is 2. The normalized spacial score (nSPS) is 18.6. The van der Waals surface area contributed by atoms with Crippen molar-refractivity contribution in [3.05, 3.63) is 70.9 Å². The van der Waals surface area contributed by atoms with Crippen molar-refractivity contribution in [2.24, 2.45) is 10.7 Å². The van der Waals surface area contributed by atoms with Gasteiger partial charge in [0.05, 0.1) is 12.0 Å². The summed E-state index contributed by atoms with van der Waals surface area (Å²) in [6.45, 7) is 3.36. The number of aromatic nitrogens is 2. The van der Waals surface area contributed by atoms with Gasteiger partial charge in [0.15, 0.2) is 11.7 Å². The Balaban J connectivity index is 1.56. The van der Waals surface area contributed by atoms with Gasteiger partial charge in [0.2, 0.25) is 17.6 Å². The van der Waals surface area contributed by atoms with E-state index in [2.05, 4.69) is 15.1 Å². The molecule has 0 bridgehead atoms. The third-order valence-electron chi connectivity index (χ3n) is 5.54. The van der Waals surface area contributed by atoms with Crippen molar-refractivity contribution < 1.29 is 18.5 Å². The van der Waals surface area contributed by atoms with Crippen LogP contribution >= 0.6 is 0 Å². The first-order valence-corrected chi connectivity index (χ1v) is 10.0. The van der Waals surface area contributed by atoms with Gasteiger partial charge in [-0.05, 0) is 24.6 Å². The van der Waals surface area contributed by atoms with Crippen molar-refractivity contribution in [1.29, 1.82) is 0 Å². The summed E-state index contributed by atoms with van der Waals surface area (Å²) in [7, 11) is 1.53. The number of carbonyl (C=O) groups is 2. The molecule has 9 heteroatoms. The summed E-state index contributed by atoms with van der Waals surface area (Å²) < 4.78 is 19.7. The standard InChI is InChI=1S/C23H22FN5O3/c1-13-26-21(28-32-13)16-7-5-15(6-8-16)19(30)11-14-4-9-18(24)17(10-14)23(2)12-20(31)29(3)22(25)27-23/h4-10H,11-12H2,1-3H3,(H2,25,27). The monoisotopic (exact) mass is 435 g/mol. The number of nitrogens with two attached hydrogens (primary N) is 1. The van der Waals surface area contributed by atoms with Gasteiger partial charge in [-0.15, -0.1) is 0 Å². The number of guanidine groups is 1. The molecule has 1 amide bonds. The summed E-state index contributed by atoms with van der Waals surface area (Å²) in [5.41, 5.74) is 6.79. The highest BCUT2D eigenvalue weighted by Crippen LogP contribution is 2.35. The van der Waals surface area contributed by atoms with Gasteiger partial charge >= 0.3 is 0 Å². The van der Waals surface area contributed by atoms with E-state index in [9.17, 15) is 14.0 Å². The van der Waals surface area contributed by atoms with Crippen LogP contribution in [-0.2, 0) is 16.8 Å². The van der Waals surface area contributed by atoms with E-state index in [1.165, 1.54) is 18.0 Å². The first-order chi connectivity index (χ1) is 15.2. The van der Waals surface area contributed by atoms with Crippen molar-refractivity contribution in [2.45, 2.75) is 32.2 Å². The molecule has 1 aromatic heterocycles. The van der Waals surface area contributed by atoms with Gasteiger partial charge in [0.1, 0.15) is 5.82 Å². The molecule has 0 spiro atoms. The van der Waals surface area contributed by atoms with Crippen LogP contribution in [0.1, 0.15) is 40.7 Å².